The lowest BCUT2D eigenvalue weighted by molar-refractivity contribution is 0.215. The zero-order valence-corrected chi connectivity index (χ0v) is 21.9. The standard InChI is InChI=1S/C27H27ClN4O3S/c1-31-13-12-19(16-31)32(2)26-30-24-11-6-18(14-25(24)36-26)29-27(33)35-20-7-4-17(5-8-20)22-10-9-21(34-3)15-23(22)28/h4-11,14-15,19H,12-13,16H2,1-3H3,(H,29,33). The zero-order valence-electron chi connectivity index (χ0n) is 20.3. The monoisotopic (exact) mass is 522 g/mol. The maximum atomic E-state index is 12.5. The Morgan fingerprint density at radius 1 is 1.14 bits per heavy atom. The molecule has 36 heavy (non-hydrogen) atoms. The minimum atomic E-state index is -0.555. The number of hydrogen-bond acceptors (Lipinski definition) is 7. The third-order valence-corrected chi connectivity index (χ3v) is 7.81. The summed E-state index contributed by atoms with van der Waals surface area (Å²) in [5, 5.41) is 4.39. The van der Waals surface area contributed by atoms with Crippen molar-refractivity contribution in [2.45, 2.75) is 12.5 Å². The van der Waals surface area contributed by atoms with Crippen LogP contribution in [0.15, 0.2) is 60.7 Å². The van der Waals surface area contributed by atoms with Crippen LogP contribution in [0.3, 0.4) is 0 Å². The molecular formula is C27H27ClN4O3S. The number of carbonyl (C=O) groups excluding carboxylic acids is 1. The van der Waals surface area contributed by atoms with E-state index in [4.69, 9.17) is 26.1 Å². The highest BCUT2D eigenvalue weighted by Gasteiger charge is 2.25. The van der Waals surface area contributed by atoms with Crippen molar-refractivity contribution in [3.05, 3.63) is 65.7 Å². The van der Waals surface area contributed by atoms with Gasteiger partial charge in [0.2, 0.25) is 0 Å². The summed E-state index contributed by atoms with van der Waals surface area (Å²) in [5.41, 5.74) is 3.36. The van der Waals surface area contributed by atoms with Gasteiger partial charge in [0, 0.05) is 30.9 Å². The lowest BCUT2D eigenvalue weighted by Gasteiger charge is -2.23. The minimum Gasteiger partial charge on any atom is -0.497 e. The number of benzene rings is 3. The summed E-state index contributed by atoms with van der Waals surface area (Å²) >= 11 is 8.00. The van der Waals surface area contributed by atoms with Crippen LogP contribution in [-0.4, -0.2) is 56.3 Å². The minimum absolute atomic E-state index is 0.435. The normalized spacial score (nSPS) is 15.7. The molecule has 1 amide bonds. The molecule has 7 nitrogen and oxygen atoms in total. The number of anilines is 2. The molecule has 1 aromatic heterocycles. The molecule has 0 bridgehead atoms. The topological polar surface area (TPSA) is 66.9 Å². The van der Waals surface area contributed by atoms with Crippen LogP contribution in [0.4, 0.5) is 15.6 Å². The van der Waals surface area contributed by atoms with Crippen molar-refractivity contribution in [3.8, 4) is 22.6 Å². The molecule has 1 atom stereocenters. The van der Waals surface area contributed by atoms with Crippen molar-refractivity contribution >= 4 is 50.1 Å². The third-order valence-electron chi connectivity index (χ3n) is 6.39. The van der Waals surface area contributed by atoms with Crippen LogP contribution in [0.5, 0.6) is 11.5 Å². The molecule has 1 N–H and O–H groups in total. The van der Waals surface area contributed by atoms with Gasteiger partial charge in [0.15, 0.2) is 5.13 Å². The van der Waals surface area contributed by atoms with E-state index in [9.17, 15) is 4.79 Å². The molecule has 3 aromatic carbocycles. The number of halogens is 1. The number of aromatic nitrogens is 1. The average Bonchev–Trinajstić information content (AvgIpc) is 3.50. The average molecular weight is 523 g/mol. The van der Waals surface area contributed by atoms with E-state index in [2.05, 4.69) is 29.2 Å². The number of nitrogens with one attached hydrogen (secondary N) is 1. The molecule has 1 unspecified atom stereocenters. The second-order valence-corrected chi connectivity index (χ2v) is 10.3. The highest BCUT2D eigenvalue weighted by Crippen LogP contribution is 2.33. The van der Waals surface area contributed by atoms with Crippen molar-refractivity contribution < 1.29 is 14.3 Å². The molecule has 186 valence electrons. The molecule has 1 fully saturated rings. The number of amides is 1. The number of thiazole rings is 1. The summed E-state index contributed by atoms with van der Waals surface area (Å²) in [7, 11) is 5.85. The Hall–Kier alpha value is -3.33. The third kappa shape index (κ3) is 5.26. The van der Waals surface area contributed by atoms with Crippen LogP contribution in [0, 0.1) is 0 Å². The van der Waals surface area contributed by atoms with Crippen LogP contribution < -0.4 is 19.7 Å². The van der Waals surface area contributed by atoms with Gasteiger partial charge in [-0.25, -0.2) is 9.78 Å². The number of carbonyl (C=O) groups is 1. The lowest BCUT2D eigenvalue weighted by atomic mass is 10.1. The number of rotatable bonds is 6. The second kappa shape index (κ2) is 10.3. The number of methoxy groups -OCH3 is 1. The fraction of sp³-hybridized carbons (Fsp3) is 0.259. The van der Waals surface area contributed by atoms with Crippen molar-refractivity contribution in [1.29, 1.82) is 0 Å². The highest BCUT2D eigenvalue weighted by atomic mass is 35.5. The number of hydrogen-bond donors (Lipinski definition) is 1. The Kier molecular flexibility index (Phi) is 7.00. The van der Waals surface area contributed by atoms with E-state index in [0.717, 1.165) is 46.0 Å². The molecule has 1 aliphatic rings. The van der Waals surface area contributed by atoms with Crippen LogP contribution in [0.2, 0.25) is 5.02 Å². The first kappa shape index (κ1) is 24.4. The molecule has 9 heteroatoms. The first-order chi connectivity index (χ1) is 17.4. The number of likely N-dealkylation sites (N-methyl/N-ethyl adjacent to an activating group) is 2. The summed E-state index contributed by atoms with van der Waals surface area (Å²) in [4.78, 5) is 21.9. The van der Waals surface area contributed by atoms with Gasteiger partial charge < -0.3 is 19.3 Å². The van der Waals surface area contributed by atoms with E-state index in [1.165, 1.54) is 0 Å². The molecule has 0 aliphatic carbocycles. The quantitative estimate of drug-likeness (QED) is 0.317. The Labute approximate surface area is 219 Å². The van der Waals surface area contributed by atoms with E-state index in [1.807, 2.05) is 42.5 Å². The van der Waals surface area contributed by atoms with E-state index in [-0.39, 0.29) is 0 Å². The van der Waals surface area contributed by atoms with E-state index < -0.39 is 6.09 Å². The first-order valence-electron chi connectivity index (χ1n) is 11.6. The van der Waals surface area contributed by atoms with Crippen molar-refractivity contribution in [3.63, 3.8) is 0 Å². The van der Waals surface area contributed by atoms with Gasteiger partial charge in [0.25, 0.3) is 0 Å². The Balaban J connectivity index is 1.23. The molecule has 1 aliphatic heterocycles. The van der Waals surface area contributed by atoms with E-state index >= 15 is 0 Å². The Morgan fingerprint density at radius 3 is 2.61 bits per heavy atom. The van der Waals surface area contributed by atoms with Gasteiger partial charge in [-0.2, -0.15) is 0 Å². The Morgan fingerprint density at radius 2 is 1.92 bits per heavy atom. The van der Waals surface area contributed by atoms with Crippen LogP contribution in [-0.2, 0) is 0 Å². The van der Waals surface area contributed by atoms with Gasteiger partial charge in [-0.15, -0.1) is 0 Å². The first-order valence-corrected chi connectivity index (χ1v) is 12.8. The van der Waals surface area contributed by atoms with Gasteiger partial charge in [0.1, 0.15) is 11.5 Å². The summed E-state index contributed by atoms with van der Waals surface area (Å²) < 4.78 is 11.7. The van der Waals surface area contributed by atoms with Crippen LogP contribution in [0.1, 0.15) is 6.42 Å². The predicted octanol–water partition coefficient (Wildman–Crippen LogP) is 6.38. The van der Waals surface area contributed by atoms with Crippen molar-refractivity contribution in [2.24, 2.45) is 0 Å². The molecule has 4 aromatic rings. The maximum Gasteiger partial charge on any atom is 0.417 e. The summed E-state index contributed by atoms with van der Waals surface area (Å²) in [6.07, 6.45) is 0.579. The maximum absolute atomic E-state index is 12.5. The molecule has 1 saturated heterocycles. The van der Waals surface area contributed by atoms with Crippen molar-refractivity contribution in [1.82, 2.24) is 9.88 Å². The molecule has 5 rings (SSSR count). The number of likely N-dealkylation sites (tertiary alicyclic amines) is 1. The summed E-state index contributed by atoms with van der Waals surface area (Å²) in [6.45, 7) is 2.15. The number of fused-ring (bicyclic) bond motifs is 1. The van der Waals surface area contributed by atoms with Crippen molar-refractivity contribution in [2.75, 3.05) is 44.5 Å². The SMILES string of the molecule is COc1ccc(-c2ccc(OC(=O)Nc3ccc4nc(N(C)C5CCN(C)C5)sc4c3)cc2)c(Cl)c1. The fourth-order valence-electron chi connectivity index (χ4n) is 4.33. The van der Waals surface area contributed by atoms with Gasteiger partial charge in [-0.3, -0.25) is 5.32 Å². The van der Waals surface area contributed by atoms with Gasteiger partial charge in [-0.05, 0) is 74.1 Å². The molecule has 0 spiro atoms. The highest BCUT2D eigenvalue weighted by molar-refractivity contribution is 7.22. The smallest absolute Gasteiger partial charge is 0.417 e. The fourth-order valence-corrected chi connectivity index (χ4v) is 5.65. The van der Waals surface area contributed by atoms with Crippen LogP contribution in [0.25, 0.3) is 21.3 Å². The van der Waals surface area contributed by atoms with E-state index in [1.54, 1.807) is 36.6 Å². The predicted molar refractivity (Wildman–Crippen MR) is 147 cm³/mol. The zero-order chi connectivity index (χ0) is 25.2. The summed E-state index contributed by atoms with van der Waals surface area (Å²) in [5.74, 6) is 1.13. The molecule has 2 heterocycles. The lowest BCUT2D eigenvalue weighted by Crippen LogP contribution is -2.33. The van der Waals surface area contributed by atoms with Gasteiger partial charge in [0.05, 0.1) is 22.3 Å². The largest absolute Gasteiger partial charge is 0.497 e. The van der Waals surface area contributed by atoms with E-state index in [0.29, 0.717) is 28.3 Å². The molecular weight excluding hydrogens is 496 g/mol. The second-order valence-electron chi connectivity index (χ2n) is 8.88. The number of ether oxygens (including phenoxy) is 2. The molecule has 0 saturated carbocycles. The van der Waals surface area contributed by atoms with Gasteiger partial charge in [-0.1, -0.05) is 35.1 Å². The van der Waals surface area contributed by atoms with Gasteiger partial charge >= 0.3 is 6.09 Å². The van der Waals surface area contributed by atoms with Crippen LogP contribution >= 0.6 is 22.9 Å². The number of nitrogens with zero attached hydrogens (tertiary/aromatic N) is 3. The Bertz CT molecular complexity index is 1390. The molecule has 0 radical (unpaired) electrons. The summed E-state index contributed by atoms with van der Waals surface area (Å²) in [6, 6.07) is 18.9.